The van der Waals surface area contributed by atoms with Crippen LogP contribution in [0.3, 0.4) is 0 Å². The number of aryl methyl sites for hydroxylation is 1. The number of amides is 2. The van der Waals surface area contributed by atoms with Gasteiger partial charge in [0.1, 0.15) is 5.75 Å². The molecule has 0 fully saturated rings. The van der Waals surface area contributed by atoms with Gasteiger partial charge in [0, 0.05) is 39.6 Å². The number of hydrogen-bond acceptors (Lipinski definition) is 3. The Balaban J connectivity index is 1.48. The summed E-state index contributed by atoms with van der Waals surface area (Å²) in [6.45, 7) is 2.96. The number of ether oxygens (including phenoxy) is 1. The number of para-hydroxylation sites is 1. The lowest BCUT2D eigenvalue weighted by molar-refractivity contribution is -0.118. The van der Waals surface area contributed by atoms with Crippen LogP contribution in [0.15, 0.2) is 60.7 Å². The van der Waals surface area contributed by atoms with Crippen molar-refractivity contribution >= 4 is 45.0 Å². The lowest BCUT2D eigenvalue weighted by Gasteiger charge is -2.18. The fourth-order valence-electron chi connectivity index (χ4n) is 3.89. The molecule has 0 radical (unpaired) electrons. The summed E-state index contributed by atoms with van der Waals surface area (Å²) in [6.07, 6.45) is 0. The molecular formula is C23H19N3O3. The van der Waals surface area contributed by atoms with Gasteiger partial charge < -0.3 is 19.9 Å². The van der Waals surface area contributed by atoms with Crippen LogP contribution in [-0.4, -0.2) is 23.0 Å². The molecule has 2 amide bonds. The Labute approximate surface area is 167 Å². The van der Waals surface area contributed by atoms with Gasteiger partial charge in [-0.15, -0.1) is 0 Å². The summed E-state index contributed by atoms with van der Waals surface area (Å²) in [5.74, 6) is 0.0693. The number of nitrogens with one attached hydrogen (secondary N) is 2. The number of benzene rings is 3. The molecule has 5 rings (SSSR count). The Morgan fingerprint density at radius 3 is 2.76 bits per heavy atom. The molecule has 1 aromatic heterocycles. The Morgan fingerprint density at radius 1 is 1.07 bits per heavy atom. The SMILES string of the molecule is CCn1c2ccccc2c2cc(NC(=O)c3ccc4c(c3)OCC(=O)N4)ccc21. The Hall–Kier alpha value is -3.80. The van der Waals surface area contributed by atoms with Gasteiger partial charge in [-0.3, -0.25) is 9.59 Å². The fraction of sp³-hybridized carbons (Fsp3) is 0.130. The lowest BCUT2D eigenvalue weighted by Crippen LogP contribution is -2.25. The average Bonchev–Trinajstić information content (AvgIpc) is 3.06. The van der Waals surface area contributed by atoms with Gasteiger partial charge in [-0.1, -0.05) is 18.2 Å². The van der Waals surface area contributed by atoms with Gasteiger partial charge in [0.05, 0.1) is 5.69 Å². The van der Waals surface area contributed by atoms with Gasteiger partial charge in [0.25, 0.3) is 11.8 Å². The van der Waals surface area contributed by atoms with Crippen LogP contribution in [0, 0.1) is 0 Å². The lowest BCUT2D eigenvalue weighted by atomic mass is 10.1. The largest absolute Gasteiger partial charge is 0.482 e. The van der Waals surface area contributed by atoms with Gasteiger partial charge in [-0.25, -0.2) is 0 Å². The van der Waals surface area contributed by atoms with Gasteiger partial charge >= 0.3 is 0 Å². The molecule has 2 heterocycles. The number of carbonyl (C=O) groups is 2. The van der Waals surface area contributed by atoms with Crippen LogP contribution in [0.4, 0.5) is 11.4 Å². The minimum atomic E-state index is -0.230. The van der Waals surface area contributed by atoms with E-state index in [0.29, 0.717) is 17.0 Å². The zero-order valence-corrected chi connectivity index (χ0v) is 15.9. The molecule has 0 saturated carbocycles. The third-order valence-corrected chi connectivity index (χ3v) is 5.22. The number of nitrogens with zero attached hydrogens (tertiary/aromatic N) is 1. The fourth-order valence-corrected chi connectivity index (χ4v) is 3.89. The molecule has 0 unspecified atom stereocenters. The molecule has 0 saturated heterocycles. The first-order valence-electron chi connectivity index (χ1n) is 9.53. The number of anilines is 2. The highest BCUT2D eigenvalue weighted by Gasteiger charge is 2.18. The Morgan fingerprint density at radius 2 is 1.90 bits per heavy atom. The zero-order chi connectivity index (χ0) is 20.0. The van der Waals surface area contributed by atoms with Gasteiger partial charge in [0.2, 0.25) is 0 Å². The van der Waals surface area contributed by atoms with E-state index in [2.05, 4.69) is 34.3 Å². The maximum atomic E-state index is 12.8. The Kier molecular flexibility index (Phi) is 3.98. The van der Waals surface area contributed by atoms with E-state index in [0.717, 1.165) is 23.1 Å². The second-order valence-corrected chi connectivity index (χ2v) is 7.00. The van der Waals surface area contributed by atoms with Crippen molar-refractivity contribution in [2.24, 2.45) is 0 Å². The molecule has 0 bridgehead atoms. The summed E-state index contributed by atoms with van der Waals surface area (Å²) in [5, 5.41) is 7.96. The van der Waals surface area contributed by atoms with Crippen LogP contribution in [-0.2, 0) is 11.3 Å². The van der Waals surface area contributed by atoms with Crippen LogP contribution >= 0.6 is 0 Å². The van der Waals surface area contributed by atoms with Crippen LogP contribution in [0.2, 0.25) is 0 Å². The zero-order valence-electron chi connectivity index (χ0n) is 15.9. The molecule has 0 aliphatic carbocycles. The van der Waals surface area contributed by atoms with Crippen LogP contribution in [0.5, 0.6) is 5.75 Å². The number of aromatic nitrogens is 1. The van der Waals surface area contributed by atoms with Crippen molar-refractivity contribution in [1.29, 1.82) is 0 Å². The van der Waals surface area contributed by atoms with Crippen LogP contribution in [0.1, 0.15) is 17.3 Å². The quantitative estimate of drug-likeness (QED) is 0.549. The van der Waals surface area contributed by atoms with E-state index in [1.54, 1.807) is 18.2 Å². The van der Waals surface area contributed by atoms with Crippen molar-refractivity contribution < 1.29 is 14.3 Å². The Bertz CT molecular complexity index is 1290. The van der Waals surface area contributed by atoms with E-state index < -0.39 is 0 Å². The standard InChI is InChI=1S/C23H19N3O3/c1-2-26-19-6-4-3-5-16(19)17-12-15(8-10-20(17)26)24-23(28)14-7-9-18-21(11-14)29-13-22(27)25-18/h3-12H,2,13H2,1H3,(H,24,28)(H,25,27). The van der Waals surface area contributed by atoms with E-state index in [-0.39, 0.29) is 18.4 Å². The summed E-state index contributed by atoms with van der Waals surface area (Å²) in [7, 11) is 0. The molecular weight excluding hydrogens is 366 g/mol. The third-order valence-electron chi connectivity index (χ3n) is 5.22. The van der Waals surface area contributed by atoms with Crippen molar-refractivity contribution in [1.82, 2.24) is 4.57 Å². The molecule has 3 aromatic carbocycles. The maximum absolute atomic E-state index is 12.8. The summed E-state index contributed by atoms with van der Waals surface area (Å²) in [5.41, 5.74) is 4.10. The van der Waals surface area contributed by atoms with Gasteiger partial charge in [-0.2, -0.15) is 0 Å². The highest BCUT2D eigenvalue weighted by molar-refractivity contribution is 6.11. The predicted molar refractivity (Wildman–Crippen MR) is 114 cm³/mol. The van der Waals surface area contributed by atoms with Crippen molar-refractivity contribution in [2.45, 2.75) is 13.5 Å². The van der Waals surface area contributed by atoms with Gasteiger partial charge in [-0.05, 0) is 49.4 Å². The molecule has 2 N–H and O–H groups in total. The minimum Gasteiger partial charge on any atom is -0.482 e. The molecule has 4 aromatic rings. The predicted octanol–water partition coefficient (Wildman–Crippen LogP) is 4.40. The topological polar surface area (TPSA) is 72.4 Å². The van der Waals surface area contributed by atoms with E-state index in [4.69, 9.17) is 4.74 Å². The van der Waals surface area contributed by atoms with E-state index in [9.17, 15) is 9.59 Å². The molecule has 29 heavy (non-hydrogen) atoms. The average molecular weight is 385 g/mol. The monoisotopic (exact) mass is 385 g/mol. The van der Waals surface area contributed by atoms with E-state index in [1.807, 2.05) is 30.3 Å². The minimum absolute atomic E-state index is 0.0454. The summed E-state index contributed by atoms with van der Waals surface area (Å²) < 4.78 is 7.67. The molecule has 144 valence electrons. The third kappa shape index (κ3) is 2.89. The maximum Gasteiger partial charge on any atom is 0.262 e. The first kappa shape index (κ1) is 17.3. The van der Waals surface area contributed by atoms with Crippen LogP contribution < -0.4 is 15.4 Å². The number of fused-ring (bicyclic) bond motifs is 4. The summed E-state index contributed by atoms with van der Waals surface area (Å²) in [6, 6.07) is 19.2. The molecule has 1 aliphatic rings. The molecule has 0 atom stereocenters. The van der Waals surface area contributed by atoms with Crippen molar-refractivity contribution in [3.05, 3.63) is 66.2 Å². The van der Waals surface area contributed by atoms with Gasteiger partial charge in [0.15, 0.2) is 6.61 Å². The second kappa shape index (κ2) is 6.67. The molecule has 6 nitrogen and oxygen atoms in total. The molecule has 0 spiro atoms. The van der Waals surface area contributed by atoms with Crippen molar-refractivity contribution in [2.75, 3.05) is 17.2 Å². The summed E-state index contributed by atoms with van der Waals surface area (Å²) >= 11 is 0. The van der Waals surface area contributed by atoms with E-state index >= 15 is 0 Å². The molecule has 1 aliphatic heterocycles. The highest BCUT2D eigenvalue weighted by Crippen LogP contribution is 2.32. The number of hydrogen-bond donors (Lipinski definition) is 2. The number of carbonyl (C=O) groups excluding carboxylic acids is 2. The second-order valence-electron chi connectivity index (χ2n) is 7.00. The smallest absolute Gasteiger partial charge is 0.262 e. The number of rotatable bonds is 3. The first-order chi connectivity index (χ1) is 14.1. The normalized spacial score (nSPS) is 13.1. The van der Waals surface area contributed by atoms with Crippen molar-refractivity contribution in [3.8, 4) is 5.75 Å². The molecule has 6 heteroatoms. The first-order valence-corrected chi connectivity index (χ1v) is 9.53. The highest BCUT2D eigenvalue weighted by atomic mass is 16.5. The summed E-state index contributed by atoms with van der Waals surface area (Å²) in [4.78, 5) is 24.2. The van der Waals surface area contributed by atoms with E-state index in [1.165, 1.54) is 10.9 Å². The van der Waals surface area contributed by atoms with Crippen LogP contribution in [0.25, 0.3) is 21.8 Å². The van der Waals surface area contributed by atoms with Crippen molar-refractivity contribution in [3.63, 3.8) is 0 Å².